The molecule has 1 amide bonds. The fourth-order valence-electron chi connectivity index (χ4n) is 5.72. The average molecular weight is 523 g/mol. The van der Waals surface area contributed by atoms with Crippen molar-refractivity contribution in [1.29, 1.82) is 0 Å². The number of ketones is 2. The molecular formula is C24H27F2N3O8. The number of nitrogens with two attached hydrogens (primary N) is 1. The number of Topliss-reactive ketones (excluding diaryl/α,β-unsaturated/α-hetero) is 2. The van der Waals surface area contributed by atoms with E-state index in [0.29, 0.717) is 11.1 Å². The summed E-state index contributed by atoms with van der Waals surface area (Å²) in [6, 6.07) is 1.56. The van der Waals surface area contributed by atoms with Crippen LogP contribution in [0.2, 0.25) is 0 Å². The number of nitrogens with one attached hydrogen (secondary N) is 1. The van der Waals surface area contributed by atoms with Crippen molar-refractivity contribution in [3.63, 3.8) is 0 Å². The van der Waals surface area contributed by atoms with E-state index >= 15 is 0 Å². The zero-order valence-corrected chi connectivity index (χ0v) is 20.0. The van der Waals surface area contributed by atoms with E-state index in [0.717, 1.165) is 0 Å². The third-order valence-electron chi connectivity index (χ3n) is 7.28. The lowest BCUT2D eigenvalue weighted by Crippen LogP contribution is -2.65. The van der Waals surface area contributed by atoms with Crippen LogP contribution in [0, 0.1) is 11.8 Å². The normalized spacial score (nSPS) is 27.5. The number of amides is 1. The number of nitrogens with zero attached hydrogens (tertiary/aromatic N) is 1. The molecule has 0 saturated heterocycles. The lowest BCUT2D eigenvalue weighted by molar-refractivity contribution is -0.153. The highest BCUT2D eigenvalue weighted by Gasteiger charge is 2.64. The second kappa shape index (κ2) is 9.49. The molecule has 4 atom stereocenters. The van der Waals surface area contributed by atoms with Crippen LogP contribution in [-0.2, 0) is 32.2 Å². The van der Waals surface area contributed by atoms with Crippen LogP contribution in [0.1, 0.15) is 23.1 Å². The van der Waals surface area contributed by atoms with Crippen molar-refractivity contribution < 1.29 is 48.4 Å². The van der Waals surface area contributed by atoms with Gasteiger partial charge in [-0.15, -0.1) is 0 Å². The molecule has 13 heteroatoms. The summed E-state index contributed by atoms with van der Waals surface area (Å²) in [7, 11) is 3.02. The summed E-state index contributed by atoms with van der Waals surface area (Å²) >= 11 is 0. The maximum Gasteiger partial charge on any atom is 0.263 e. The number of benzene rings is 1. The van der Waals surface area contributed by atoms with Gasteiger partial charge in [-0.25, -0.2) is 8.78 Å². The third-order valence-corrected chi connectivity index (χ3v) is 7.28. The number of hydrogen-bond acceptors (Lipinski definition) is 10. The quantitative estimate of drug-likeness (QED) is 0.165. The van der Waals surface area contributed by atoms with Gasteiger partial charge in [0, 0.05) is 18.0 Å². The lowest BCUT2D eigenvalue weighted by atomic mass is 9.57. The van der Waals surface area contributed by atoms with Crippen molar-refractivity contribution >= 4 is 23.2 Å². The predicted molar refractivity (Wildman–Crippen MR) is 123 cm³/mol. The molecule has 0 radical (unpaired) electrons. The number of aliphatic hydroxyl groups excluding tert-OH is 2. The smallest absolute Gasteiger partial charge is 0.263 e. The zero-order chi connectivity index (χ0) is 27.4. The summed E-state index contributed by atoms with van der Waals surface area (Å²) in [6.07, 6.45) is -2.67. The minimum Gasteiger partial charge on any atom is -0.508 e. The molecule has 0 unspecified atom stereocenters. The van der Waals surface area contributed by atoms with Crippen molar-refractivity contribution in [2.75, 3.05) is 20.7 Å². The van der Waals surface area contributed by atoms with E-state index in [1.165, 1.54) is 31.1 Å². The summed E-state index contributed by atoms with van der Waals surface area (Å²) in [5.74, 6) is -7.39. The minimum atomic E-state index is -2.72. The molecule has 4 rings (SSSR count). The van der Waals surface area contributed by atoms with Gasteiger partial charge in [-0.2, -0.15) is 5.48 Å². The van der Waals surface area contributed by atoms with Gasteiger partial charge in [-0.05, 0) is 50.0 Å². The number of aliphatic hydroxyl groups is 3. The highest BCUT2D eigenvalue weighted by atomic mass is 19.3. The van der Waals surface area contributed by atoms with Crippen LogP contribution in [0.4, 0.5) is 8.78 Å². The molecule has 0 bridgehead atoms. The number of phenolic OH excluding ortho intramolecular Hbond substituents is 1. The second-order valence-electron chi connectivity index (χ2n) is 9.58. The van der Waals surface area contributed by atoms with Crippen molar-refractivity contribution in [2.24, 2.45) is 17.6 Å². The Morgan fingerprint density at radius 2 is 1.95 bits per heavy atom. The molecule has 0 heterocycles. The fourth-order valence-corrected chi connectivity index (χ4v) is 5.72. The number of alkyl halides is 2. The number of phenols is 1. The first kappa shape index (κ1) is 26.7. The molecule has 1 saturated carbocycles. The summed E-state index contributed by atoms with van der Waals surface area (Å²) < 4.78 is 24.8. The van der Waals surface area contributed by atoms with Crippen LogP contribution in [-0.4, -0.2) is 81.6 Å². The van der Waals surface area contributed by atoms with Crippen LogP contribution in [0.25, 0.3) is 5.76 Å². The van der Waals surface area contributed by atoms with Gasteiger partial charge in [0.2, 0.25) is 5.78 Å². The standard InChI is InChI=1S/C24H27F2N3O8/c1-29(2)18-12-6-10-5-11-9(7-28-37-8-14(25)26)3-4-13(30)16(11)19(31)15(10)21(33)24(12,36)22(34)17(20(18)32)23(27)35/h3-4,10,12,14,18,28,30-31,34,36H,5-8H2,1-2H3,(H2,27,35)/t10-,12-,18+,24-/m0/s1. The first-order valence-electron chi connectivity index (χ1n) is 11.4. The topological polar surface area (TPSA) is 183 Å². The molecule has 3 aliphatic carbocycles. The predicted octanol–water partition coefficient (Wildman–Crippen LogP) is 0.250. The van der Waals surface area contributed by atoms with Gasteiger partial charge in [-0.1, -0.05) is 6.07 Å². The van der Waals surface area contributed by atoms with Crippen LogP contribution in [0.5, 0.6) is 5.75 Å². The fraction of sp³-hybridized carbons (Fsp3) is 0.458. The Morgan fingerprint density at radius 3 is 2.54 bits per heavy atom. The van der Waals surface area contributed by atoms with Gasteiger partial charge in [-0.3, -0.25) is 24.1 Å². The molecule has 0 aromatic heterocycles. The summed E-state index contributed by atoms with van der Waals surface area (Å²) in [6.45, 7) is -0.909. The molecule has 0 aliphatic heterocycles. The number of hydroxylamine groups is 1. The van der Waals surface area contributed by atoms with Gasteiger partial charge in [0.05, 0.1) is 11.6 Å². The second-order valence-corrected chi connectivity index (χ2v) is 9.58. The van der Waals surface area contributed by atoms with Crippen LogP contribution >= 0.6 is 0 Å². The number of carbonyl (C=O) groups excluding carboxylic acids is 3. The first-order valence-corrected chi connectivity index (χ1v) is 11.4. The van der Waals surface area contributed by atoms with Gasteiger partial charge >= 0.3 is 0 Å². The number of fused-ring (bicyclic) bond motifs is 3. The number of hydrogen-bond donors (Lipinski definition) is 6. The zero-order valence-electron chi connectivity index (χ0n) is 20.0. The Labute approximate surface area is 209 Å². The van der Waals surface area contributed by atoms with Crippen molar-refractivity contribution in [3.05, 3.63) is 45.7 Å². The molecule has 11 nitrogen and oxygen atoms in total. The number of rotatable bonds is 7. The molecular weight excluding hydrogens is 496 g/mol. The van der Waals surface area contributed by atoms with Gasteiger partial charge in [0.1, 0.15) is 29.4 Å². The maximum atomic E-state index is 13.7. The van der Waals surface area contributed by atoms with E-state index in [4.69, 9.17) is 10.6 Å². The molecule has 0 spiro atoms. The van der Waals surface area contributed by atoms with E-state index in [1.54, 1.807) is 0 Å². The number of aromatic hydroxyl groups is 1. The van der Waals surface area contributed by atoms with Gasteiger partial charge < -0.3 is 26.2 Å². The molecule has 7 N–H and O–H groups in total. The largest absolute Gasteiger partial charge is 0.508 e. The number of halogens is 2. The van der Waals surface area contributed by atoms with E-state index in [1.807, 2.05) is 0 Å². The van der Waals surface area contributed by atoms with Crippen molar-refractivity contribution in [2.45, 2.75) is 37.5 Å². The lowest BCUT2D eigenvalue weighted by Gasteiger charge is -2.50. The van der Waals surface area contributed by atoms with Gasteiger partial charge in [0.15, 0.2) is 11.4 Å². The summed E-state index contributed by atoms with van der Waals surface area (Å²) in [4.78, 5) is 44.9. The molecule has 37 heavy (non-hydrogen) atoms. The van der Waals surface area contributed by atoms with E-state index in [2.05, 4.69) is 5.48 Å². The monoisotopic (exact) mass is 523 g/mol. The molecule has 1 aromatic rings. The van der Waals surface area contributed by atoms with E-state index in [-0.39, 0.29) is 36.3 Å². The first-order chi connectivity index (χ1) is 17.3. The van der Waals surface area contributed by atoms with Crippen molar-refractivity contribution in [1.82, 2.24) is 10.4 Å². The van der Waals surface area contributed by atoms with Crippen LogP contribution in [0.3, 0.4) is 0 Å². The van der Waals surface area contributed by atoms with E-state index in [9.17, 15) is 43.6 Å². The minimum absolute atomic E-state index is 0.0592. The number of carbonyl (C=O) groups is 3. The summed E-state index contributed by atoms with van der Waals surface area (Å²) in [5, 5.41) is 44.0. The Kier molecular flexibility index (Phi) is 6.84. The Hall–Kier alpha value is -3.39. The van der Waals surface area contributed by atoms with Crippen LogP contribution in [0.15, 0.2) is 29.0 Å². The Bertz CT molecular complexity index is 1240. The average Bonchev–Trinajstić information content (AvgIpc) is 2.79. The Balaban J connectivity index is 1.83. The third kappa shape index (κ3) is 4.07. The van der Waals surface area contributed by atoms with Gasteiger partial charge in [0.25, 0.3) is 12.3 Å². The highest BCUT2D eigenvalue weighted by molar-refractivity contribution is 6.24. The number of primary amides is 1. The number of likely N-dealkylation sites (N-methyl/N-ethyl adjacent to an activating group) is 1. The van der Waals surface area contributed by atoms with E-state index < -0.39 is 71.1 Å². The molecule has 200 valence electrons. The molecule has 1 aromatic carbocycles. The maximum absolute atomic E-state index is 13.7. The summed E-state index contributed by atoms with van der Waals surface area (Å²) in [5.41, 5.74) is 4.62. The SMILES string of the molecule is CN(C)[C@H]1C(=O)C(C(N)=O)=C(O)[C@@]2(O)C(=O)C3=C(O)c4c(O)ccc(CNOCC(F)F)c4C[C@H]3C[C@@H]12. The van der Waals surface area contributed by atoms with Crippen molar-refractivity contribution in [3.8, 4) is 5.75 Å². The Morgan fingerprint density at radius 1 is 1.27 bits per heavy atom. The highest BCUT2D eigenvalue weighted by Crippen LogP contribution is 2.52. The molecule has 3 aliphatic rings. The van der Waals surface area contributed by atoms with Crippen LogP contribution < -0.4 is 11.2 Å². The molecule has 1 fully saturated rings.